The van der Waals surface area contributed by atoms with E-state index < -0.39 is 0 Å². The summed E-state index contributed by atoms with van der Waals surface area (Å²) >= 11 is 1.59. The quantitative estimate of drug-likeness (QED) is 0.503. The topological polar surface area (TPSA) is 21.6 Å². The molecule has 1 heterocycles. The van der Waals surface area contributed by atoms with Crippen molar-refractivity contribution in [3.05, 3.63) is 12.3 Å². The monoisotopic (exact) mass is 199 g/mol. The summed E-state index contributed by atoms with van der Waals surface area (Å²) in [5.41, 5.74) is 0. The molecule has 1 unspecified atom stereocenters. The van der Waals surface area contributed by atoms with E-state index in [1.165, 1.54) is 0 Å². The highest BCUT2D eigenvalue weighted by atomic mass is 32.2. The van der Waals surface area contributed by atoms with Crippen LogP contribution in [0.3, 0.4) is 0 Å². The van der Waals surface area contributed by atoms with Gasteiger partial charge in [-0.2, -0.15) is 0 Å². The molecule has 0 N–H and O–H groups in total. The second-order valence-electron chi connectivity index (χ2n) is 4.08. The Morgan fingerprint density at radius 2 is 2.31 bits per heavy atom. The molecule has 1 aliphatic rings. The van der Waals surface area contributed by atoms with Crippen molar-refractivity contribution in [2.75, 3.05) is 0 Å². The molecule has 0 saturated carbocycles. The summed E-state index contributed by atoms with van der Waals surface area (Å²) < 4.78 is 9.84. The van der Waals surface area contributed by atoms with Crippen LogP contribution < -0.4 is 0 Å². The summed E-state index contributed by atoms with van der Waals surface area (Å²) in [6.07, 6.45) is 8.03. The number of hydrogen-bond donors (Lipinski definition) is 0. The summed E-state index contributed by atoms with van der Waals surface area (Å²) in [4.78, 5) is 0. The number of nitrogens with zero attached hydrogens (tertiary/aromatic N) is 1. The van der Waals surface area contributed by atoms with Gasteiger partial charge in [-0.1, -0.05) is 0 Å². The van der Waals surface area contributed by atoms with Crippen molar-refractivity contribution >= 4 is 18.2 Å². The Hall–Kier alpha value is -0.440. The first-order valence-electron chi connectivity index (χ1n) is 4.60. The molecule has 1 aliphatic heterocycles. The third kappa shape index (κ3) is 4.98. The van der Waals surface area contributed by atoms with Crippen molar-refractivity contribution in [2.24, 2.45) is 4.40 Å². The highest BCUT2D eigenvalue weighted by molar-refractivity contribution is 7.99. The lowest BCUT2D eigenvalue weighted by molar-refractivity contribution is 0.185. The fourth-order valence-electron chi connectivity index (χ4n) is 0.919. The molecule has 3 heteroatoms. The predicted octanol–water partition coefficient (Wildman–Crippen LogP) is 3.20. The van der Waals surface area contributed by atoms with E-state index in [1.807, 2.05) is 12.3 Å². The summed E-state index contributed by atoms with van der Waals surface area (Å²) in [6, 6.07) is 0. The van der Waals surface area contributed by atoms with Crippen LogP contribution in [0.5, 0.6) is 0 Å². The molecule has 0 aromatic rings. The van der Waals surface area contributed by atoms with Crippen molar-refractivity contribution < 1.29 is 4.74 Å². The highest BCUT2D eigenvalue weighted by Gasteiger charge is 2.11. The van der Waals surface area contributed by atoms with Gasteiger partial charge in [0.15, 0.2) is 0 Å². The van der Waals surface area contributed by atoms with Crippen LogP contribution in [0, 0.1) is 0 Å². The molecule has 0 fully saturated rings. The summed E-state index contributed by atoms with van der Waals surface area (Å²) in [6.45, 7) is 6.45. The first-order chi connectivity index (χ1) is 6.08. The zero-order valence-electron chi connectivity index (χ0n) is 8.49. The zero-order valence-corrected chi connectivity index (χ0v) is 9.30. The molecule has 1 atom stereocenters. The number of hydrogen-bond acceptors (Lipinski definition) is 3. The van der Waals surface area contributed by atoms with Gasteiger partial charge in [-0.05, 0) is 51.6 Å². The molecule has 0 aliphatic carbocycles. The van der Waals surface area contributed by atoms with Crippen LogP contribution in [0.4, 0.5) is 0 Å². The Balaban J connectivity index is 2.27. The lowest BCUT2D eigenvalue weighted by Crippen LogP contribution is -2.14. The molecule has 2 nitrogen and oxygen atoms in total. The minimum atomic E-state index is 0.180. The fourth-order valence-corrected chi connectivity index (χ4v) is 1.43. The molecular weight excluding hydrogens is 182 g/mol. The Morgan fingerprint density at radius 1 is 1.54 bits per heavy atom. The second kappa shape index (κ2) is 4.70. The summed E-state index contributed by atoms with van der Waals surface area (Å²) in [7, 11) is 0. The van der Waals surface area contributed by atoms with E-state index in [0.717, 1.165) is 12.8 Å². The molecule has 0 aromatic carbocycles. The van der Waals surface area contributed by atoms with Gasteiger partial charge in [0.1, 0.15) is 6.10 Å². The van der Waals surface area contributed by atoms with Crippen LogP contribution in [0.2, 0.25) is 0 Å². The first kappa shape index (κ1) is 10.6. The Morgan fingerprint density at radius 3 is 2.85 bits per heavy atom. The maximum Gasteiger partial charge on any atom is 0.134 e. The van der Waals surface area contributed by atoms with Crippen molar-refractivity contribution in [3.63, 3.8) is 0 Å². The standard InChI is InChI=1S/C10H17NOS/c1-10(2,3)13-11-8-9-6-4-5-7-12-9/h5,7-9H,4,6H2,1-3H3/b11-8+. The van der Waals surface area contributed by atoms with E-state index in [4.69, 9.17) is 4.74 Å². The van der Waals surface area contributed by atoms with Crippen LogP contribution in [0.1, 0.15) is 33.6 Å². The van der Waals surface area contributed by atoms with E-state index >= 15 is 0 Å². The summed E-state index contributed by atoms with van der Waals surface area (Å²) in [5, 5.41) is 0. The Bertz CT molecular complexity index is 205. The maximum absolute atomic E-state index is 5.35. The molecule has 0 radical (unpaired) electrons. The van der Waals surface area contributed by atoms with Gasteiger partial charge in [-0.25, -0.2) is 4.40 Å². The lowest BCUT2D eigenvalue weighted by Gasteiger charge is -2.16. The third-order valence-corrected chi connectivity index (χ3v) is 2.30. The Kier molecular flexibility index (Phi) is 3.85. The van der Waals surface area contributed by atoms with Crippen molar-refractivity contribution in [3.8, 4) is 0 Å². The third-order valence-electron chi connectivity index (χ3n) is 1.52. The van der Waals surface area contributed by atoms with E-state index in [1.54, 1.807) is 18.2 Å². The molecule has 1 rings (SSSR count). The predicted molar refractivity (Wildman–Crippen MR) is 59.1 cm³/mol. The molecular formula is C10H17NOS. The smallest absolute Gasteiger partial charge is 0.134 e. The van der Waals surface area contributed by atoms with Gasteiger partial charge < -0.3 is 4.74 Å². The SMILES string of the molecule is CC(C)(C)S/N=C/C1CCC=CO1. The average Bonchev–Trinajstić information content (AvgIpc) is 2.04. The zero-order chi connectivity index (χ0) is 9.73. The van der Waals surface area contributed by atoms with E-state index in [2.05, 4.69) is 25.2 Å². The van der Waals surface area contributed by atoms with Crippen LogP contribution in [0.25, 0.3) is 0 Å². The second-order valence-corrected chi connectivity index (χ2v) is 5.70. The highest BCUT2D eigenvalue weighted by Crippen LogP contribution is 2.24. The molecule has 74 valence electrons. The number of ether oxygens (including phenoxy) is 1. The van der Waals surface area contributed by atoms with Crippen LogP contribution in [0.15, 0.2) is 16.7 Å². The van der Waals surface area contributed by atoms with E-state index in [-0.39, 0.29) is 10.9 Å². The van der Waals surface area contributed by atoms with Gasteiger partial charge in [0.25, 0.3) is 0 Å². The number of rotatable bonds is 2. The molecule has 0 aromatic heterocycles. The number of allylic oxidation sites excluding steroid dienone is 1. The van der Waals surface area contributed by atoms with Crippen molar-refractivity contribution in [1.82, 2.24) is 0 Å². The van der Waals surface area contributed by atoms with Gasteiger partial charge in [0.05, 0.1) is 12.5 Å². The molecule has 13 heavy (non-hydrogen) atoms. The average molecular weight is 199 g/mol. The van der Waals surface area contributed by atoms with Gasteiger partial charge in [-0.3, -0.25) is 0 Å². The van der Waals surface area contributed by atoms with Gasteiger partial charge >= 0.3 is 0 Å². The minimum Gasteiger partial charge on any atom is -0.493 e. The van der Waals surface area contributed by atoms with E-state index in [0.29, 0.717) is 0 Å². The van der Waals surface area contributed by atoms with Crippen LogP contribution >= 0.6 is 11.9 Å². The van der Waals surface area contributed by atoms with Crippen LogP contribution in [-0.4, -0.2) is 17.1 Å². The molecule has 0 amide bonds. The normalized spacial score (nSPS) is 23.5. The van der Waals surface area contributed by atoms with Crippen molar-refractivity contribution in [1.29, 1.82) is 0 Å². The molecule has 0 spiro atoms. The lowest BCUT2D eigenvalue weighted by atomic mass is 10.2. The largest absolute Gasteiger partial charge is 0.493 e. The van der Waals surface area contributed by atoms with Gasteiger partial charge in [0.2, 0.25) is 0 Å². The van der Waals surface area contributed by atoms with E-state index in [9.17, 15) is 0 Å². The van der Waals surface area contributed by atoms with Gasteiger partial charge in [-0.15, -0.1) is 0 Å². The van der Waals surface area contributed by atoms with Crippen molar-refractivity contribution in [2.45, 2.75) is 44.5 Å². The molecule has 0 saturated heterocycles. The summed E-state index contributed by atoms with van der Waals surface area (Å²) in [5.74, 6) is 0. The van der Waals surface area contributed by atoms with Gasteiger partial charge in [0, 0.05) is 4.75 Å². The molecule has 0 bridgehead atoms. The fraction of sp³-hybridized carbons (Fsp3) is 0.700. The Labute approximate surface area is 84.6 Å². The minimum absolute atomic E-state index is 0.180. The first-order valence-corrected chi connectivity index (χ1v) is 5.37. The van der Waals surface area contributed by atoms with Crippen LogP contribution in [-0.2, 0) is 4.74 Å². The maximum atomic E-state index is 5.35.